The third-order valence-electron chi connectivity index (χ3n) is 2.52. The molecule has 0 fully saturated rings. The van der Waals surface area contributed by atoms with Crippen molar-refractivity contribution in [2.45, 2.75) is 13.8 Å². The van der Waals surface area contributed by atoms with E-state index in [0.29, 0.717) is 11.5 Å². The Hall–Kier alpha value is -1.62. The van der Waals surface area contributed by atoms with Crippen LogP contribution in [0, 0.1) is 13.8 Å². The van der Waals surface area contributed by atoms with E-state index in [1.165, 1.54) is 0 Å². The lowest BCUT2D eigenvalue weighted by atomic mass is 10.1. The first-order chi connectivity index (χ1) is 8.00. The minimum Gasteiger partial charge on any atom is -0.477 e. The number of carboxylic acids is 1. The van der Waals surface area contributed by atoms with Crippen LogP contribution in [0.3, 0.4) is 0 Å². The first-order valence-corrected chi connectivity index (χ1v) is 5.76. The molecule has 0 aliphatic carbocycles. The van der Waals surface area contributed by atoms with E-state index in [1.54, 1.807) is 6.92 Å². The number of aromatic carboxylic acids is 1. The molecule has 17 heavy (non-hydrogen) atoms. The van der Waals surface area contributed by atoms with Gasteiger partial charge in [0, 0.05) is 10.0 Å². The fourth-order valence-electron chi connectivity index (χ4n) is 1.56. The van der Waals surface area contributed by atoms with Crippen LogP contribution in [0.25, 0.3) is 11.3 Å². The second kappa shape index (κ2) is 4.33. The van der Waals surface area contributed by atoms with Gasteiger partial charge in [0.1, 0.15) is 17.0 Å². The number of hydrogen-bond donors (Lipinski definition) is 1. The largest absolute Gasteiger partial charge is 0.477 e. The molecule has 1 N–H and O–H groups in total. The van der Waals surface area contributed by atoms with Gasteiger partial charge in [0.05, 0.1) is 0 Å². The van der Waals surface area contributed by atoms with Gasteiger partial charge in [-0.1, -0.05) is 33.2 Å². The summed E-state index contributed by atoms with van der Waals surface area (Å²) < 4.78 is 5.84. The van der Waals surface area contributed by atoms with Crippen LogP contribution in [0.1, 0.15) is 21.7 Å². The molecule has 5 heteroatoms. The topological polar surface area (TPSA) is 63.3 Å². The van der Waals surface area contributed by atoms with Crippen molar-refractivity contribution in [3.63, 3.8) is 0 Å². The van der Waals surface area contributed by atoms with Crippen LogP contribution in [-0.4, -0.2) is 16.2 Å². The molecule has 1 aromatic heterocycles. The maximum atomic E-state index is 11.1. The summed E-state index contributed by atoms with van der Waals surface area (Å²) in [5.74, 6) is -0.723. The molecule has 0 atom stereocenters. The fraction of sp³-hybridized carbons (Fsp3) is 0.167. The summed E-state index contributed by atoms with van der Waals surface area (Å²) in [4.78, 5) is 11.1. The van der Waals surface area contributed by atoms with Gasteiger partial charge in [-0.2, -0.15) is 0 Å². The van der Waals surface area contributed by atoms with Crippen molar-refractivity contribution in [2.75, 3.05) is 0 Å². The van der Waals surface area contributed by atoms with E-state index in [0.717, 1.165) is 15.6 Å². The second-order valence-corrected chi connectivity index (χ2v) is 4.59. The monoisotopic (exact) mass is 295 g/mol. The second-order valence-electron chi connectivity index (χ2n) is 3.73. The van der Waals surface area contributed by atoms with Crippen molar-refractivity contribution in [3.05, 3.63) is 39.6 Å². The van der Waals surface area contributed by atoms with Crippen LogP contribution in [0.4, 0.5) is 0 Å². The van der Waals surface area contributed by atoms with Gasteiger partial charge in [-0.25, -0.2) is 4.79 Å². The van der Waals surface area contributed by atoms with Crippen molar-refractivity contribution in [3.8, 4) is 11.3 Å². The predicted octanol–water partition coefficient (Wildman–Crippen LogP) is 3.42. The van der Waals surface area contributed by atoms with E-state index in [4.69, 9.17) is 9.63 Å². The lowest BCUT2D eigenvalue weighted by Crippen LogP contribution is -1.99. The molecular formula is C12H10BrNO3. The molecule has 1 heterocycles. The summed E-state index contributed by atoms with van der Waals surface area (Å²) >= 11 is 3.41. The lowest BCUT2D eigenvalue weighted by molar-refractivity contribution is 0.0696. The molecule has 0 radical (unpaired) electrons. The summed E-state index contributed by atoms with van der Waals surface area (Å²) in [6.45, 7) is 3.54. The van der Waals surface area contributed by atoms with Crippen molar-refractivity contribution in [1.82, 2.24) is 5.16 Å². The SMILES string of the molecule is Cc1ccc(-c2noc(C)c2C(=O)O)cc1Br. The van der Waals surface area contributed by atoms with Gasteiger partial charge < -0.3 is 9.63 Å². The summed E-state index contributed by atoms with van der Waals surface area (Å²) in [6, 6.07) is 5.55. The number of benzene rings is 1. The van der Waals surface area contributed by atoms with Crippen molar-refractivity contribution in [2.24, 2.45) is 0 Å². The van der Waals surface area contributed by atoms with E-state index < -0.39 is 5.97 Å². The molecule has 0 saturated heterocycles. The number of aryl methyl sites for hydroxylation is 2. The van der Waals surface area contributed by atoms with Crippen LogP contribution >= 0.6 is 15.9 Å². The number of halogens is 1. The molecular weight excluding hydrogens is 286 g/mol. The van der Waals surface area contributed by atoms with Gasteiger partial charge in [-0.15, -0.1) is 0 Å². The third kappa shape index (κ3) is 2.10. The average Bonchev–Trinajstić information content (AvgIpc) is 2.64. The van der Waals surface area contributed by atoms with E-state index in [-0.39, 0.29) is 5.56 Å². The van der Waals surface area contributed by atoms with Gasteiger partial charge in [-0.05, 0) is 25.5 Å². The Morgan fingerprint density at radius 3 is 2.71 bits per heavy atom. The Morgan fingerprint density at radius 2 is 2.12 bits per heavy atom. The number of carbonyl (C=O) groups is 1. The van der Waals surface area contributed by atoms with E-state index >= 15 is 0 Å². The standard InChI is InChI=1S/C12H10BrNO3/c1-6-3-4-8(5-9(6)13)11-10(12(15)16)7(2)17-14-11/h3-5H,1-2H3,(H,15,16). The number of carboxylic acid groups (broad SMARTS) is 1. The van der Waals surface area contributed by atoms with E-state index in [9.17, 15) is 4.79 Å². The highest BCUT2D eigenvalue weighted by atomic mass is 79.9. The Labute approximate surface area is 106 Å². The lowest BCUT2D eigenvalue weighted by Gasteiger charge is -2.02. The van der Waals surface area contributed by atoms with Crippen LogP contribution in [0.15, 0.2) is 27.2 Å². The summed E-state index contributed by atoms with van der Waals surface area (Å²) in [5, 5.41) is 12.9. The summed E-state index contributed by atoms with van der Waals surface area (Å²) in [6.07, 6.45) is 0. The zero-order chi connectivity index (χ0) is 12.6. The van der Waals surface area contributed by atoms with Gasteiger partial charge >= 0.3 is 5.97 Å². The van der Waals surface area contributed by atoms with E-state index in [2.05, 4.69) is 21.1 Å². The zero-order valence-electron chi connectivity index (χ0n) is 9.32. The first-order valence-electron chi connectivity index (χ1n) is 4.97. The van der Waals surface area contributed by atoms with E-state index in [1.807, 2.05) is 25.1 Å². The van der Waals surface area contributed by atoms with Crippen molar-refractivity contribution < 1.29 is 14.4 Å². The van der Waals surface area contributed by atoms with Crippen molar-refractivity contribution in [1.29, 1.82) is 0 Å². The van der Waals surface area contributed by atoms with Crippen LogP contribution < -0.4 is 0 Å². The molecule has 2 aromatic rings. The molecule has 0 spiro atoms. The molecule has 0 bridgehead atoms. The quantitative estimate of drug-likeness (QED) is 0.922. The van der Waals surface area contributed by atoms with Crippen LogP contribution in [-0.2, 0) is 0 Å². The van der Waals surface area contributed by atoms with Gasteiger partial charge in [-0.3, -0.25) is 0 Å². The Bertz CT molecular complexity index is 589. The summed E-state index contributed by atoms with van der Waals surface area (Å²) in [5.41, 5.74) is 2.26. The fourth-order valence-corrected chi connectivity index (χ4v) is 1.94. The Balaban J connectivity index is 2.60. The van der Waals surface area contributed by atoms with Gasteiger partial charge in [0.25, 0.3) is 0 Å². The first kappa shape index (κ1) is 11.9. The molecule has 0 aliphatic heterocycles. The number of hydrogen-bond acceptors (Lipinski definition) is 3. The van der Waals surface area contributed by atoms with Crippen LogP contribution in [0.5, 0.6) is 0 Å². The highest BCUT2D eigenvalue weighted by Crippen LogP contribution is 2.28. The minimum absolute atomic E-state index is 0.112. The molecule has 1 aromatic carbocycles. The molecule has 0 saturated carbocycles. The molecule has 0 aliphatic rings. The molecule has 0 amide bonds. The molecule has 4 nitrogen and oxygen atoms in total. The number of nitrogens with zero attached hydrogens (tertiary/aromatic N) is 1. The molecule has 0 unspecified atom stereocenters. The number of rotatable bonds is 2. The normalized spacial score (nSPS) is 10.5. The predicted molar refractivity (Wildman–Crippen MR) is 66.1 cm³/mol. The summed E-state index contributed by atoms with van der Waals surface area (Å²) in [7, 11) is 0. The number of aromatic nitrogens is 1. The molecule has 88 valence electrons. The average molecular weight is 296 g/mol. The van der Waals surface area contributed by atoms with Crippen LogP contribution in [0.2, 0.25) is 0 Å². The smallest absolute Gasteiger partial charge is 0.341 e. The van der Waals surface area contributed by atoms with Crippen molar-refractivity contribution >= 4 is 21.9 Å². The third-order valence-corrected chi connectivity index (χ3v) is 3.38. The highest BCUT2D eigenvalue weighted by Gasteiger charge is 2.20. The minimum atomic E-state index is -1.03. The Kier molecular flexibility index (Phi) is 3.02. The maximum absolute atomic E-state index is 11.1. The zero-order valence-corrected chi connectivity index (χ0v) is 10.9. The van der Waals surface area contributed by atoms with Gasteiger partial charge in [0.15, 0.2) is 0 Å². The maximum Gasteiger partial charge on any atom is 0.341 e. The van der Waals surface area contributed by atoms with Gasteiger partial charge in [0.2, 0.25) is 0 Å². The molecule has 2 rings (SSSR count). The Morgan fingerprint density at radius 1 is 1.41 bits per heavy atom. The highest BCUT2D eigenvalue weighted by molar-refractivity contribution is 9.10.